The van der Waals surface area contributed by atoms with Crippen LogP contribution in [-0.2, 0) is 11.3 Å². The van der Waals surface area contributed by atoms with Crippen LogP contribution in [0.4, 0.5) is 0 Å². The molecular weight excluding hydrogens is 374 g/mol. The van der Waals surface area contributed by atoms with E-state index in [1.54, 1.807) is 39.5 Å². The number of rotatable bonds is 8. The second-order valence-electron chi connectivity index (χ2n) is 6.27. The Bertz CT molecular complexity index is 989. The summed E-state index contributed by atoms with van der Waals surface area (Å²) in [5.74, 6) is 2.20. The first kappa shape index (κ1) is 20.1. The molecule has 1 aromatic heterocycles. The van der Waals surface area contributed by atoms with Crippen molar-refractivity contribution in [1.29, 1.82) is 0 Å². The van der Waals surface area contributed by atoms with Gasteiger partial charge in [-0.15, -0.1) is 10.2 Å². The Kier molecular flexibility index (Phi) is 6.28. The van der Waals surface area contributed by atoms with Crippen molar-refractivity contribution in [3.63, 3.8) is 0 Å². The van der Waals surface area contributed by atoms with Gasteiger partial charge in [0.2, 0.25) is 11.7 Å². The lowest BCUT2D eigenvalue weighted by Gasteiger charge is -2.18. The Morgan fingerprint density at radius 2 is 1.83 bits per heavy atom. The van der Waals surface area contributed by atoms with E-state index in [1.807, 2.05) is 31.2 Å². The molecule has 1 amide bonds. The van der Waals surface area contributed by atoms with Crippen molar-refractivity contribution in [2.45, 2.75) is 19.5 Å². The Balaban J connectivity index is 1.68. The van der Waals surface area contributed by atoms with Gasteiger partial charge in [-0.05, 0) is 42.5 Å². The number of nitrogens with zero attached hydrogens (tertiary/aromatic N) is 4. The molecule has 0 aliphatic carbocycles. The number of methoxy groups -OCH3 is 3. The van der Waals surface area contributed by atoms with Crippen molar-refractivity contribution in [3.05, 3.63) is 48.0 Å². The van der Waals surface area contributed by atoms with Gasteiger partial charge in [0, 0.05) is 11.1 Å². The number of carbonyl (C=O) groups excluding carboxylic acids is 1. The molecule has 0 unspecified atom stereocenters. The van der Waals surface area contributed by atoms with Gasteiger partial charge in [-0.25, -0.2) is 0 Å². The van der Waals surface area contributed by atoms with Crippen molar-refractivity contribution in [2.24, 2.45) is 0 Å². The average Bonchev–Trinajstić information content (AvgIpc) is 3.21. The minimum atomic E-state index is -0.297. The van der Waals surface area contributed by atoms with Crippen LogP contribution in [0.25, 0.3) is 11.4 Å². The molecule has 0 bridgehead atoms. The summed E-state index contributed by atoms with van der Waals surface area (Å²) in [7, 11) is 4.76. The third-order valence-electron chi connectivity index (χ3n) is 4.35. The number of benzene rings is 2. The summed E-state index contributed by atoms with van der Waals surface area (Å²) in [5, 5.41) is 15.2. The second-order valence-corrected chi connectivity index (χ2v) is 6.27. The number of tetrazole rings is 1. The number of carbonyl (C=O) groups is 1. The Morgan fingerprint density at radius 3 is 2.55 bits per heavy atom. The monoisotopic (exact) mass is 397 g/mol. The summed E-state index contributed by atoms with van der Waals surface area (Å²) in [6, 6.07) is 12.5. The number of aromatic nitrogens is 4. The number of hydrogen-bond acceptors (Lipinski definition) is 7. The molecule has 2 aromatic carbocycles. The molecule has 0 aliphatic heterocycles. The maximum atomic E-state index is 12.5. The van der Waals surface area contributed by atoms with Gasteiger partial charge in [0.15, 0.2) is 0 Å². The third-order valence-corrected chi connectivity index (χ3v) is 4.35. The van der Waals surface area contributed by atoms with Gasteiger partial charge in [0.05, 0.1) is 27.4 Å². The zero-order valence-corrected chi connectivity index (χ0v) is 16.7. The molecule has 0 fully saturated rings. The van der Waals surface area contributed by atoms with E-state index in [-0.39, 0.29) is 18.5 Å². The lowest BCUT2D eigenvalue weighted by Crippen LogP contribution is -2.31. The Morgan fingerprint density at radius 1 is 1.07 bits per heavy atom. The molecule has 0 saturated heterocycles. The topological polar surface area (TPSA) is 100 Å². The molecule has 1 N–H and O–H groups in total. The van der Waals surface area contributed by atoms with Crippen LogP contribution in [0, 0.1) is 0 Å². The lowest BCUT2D eigenvalue weighted by molar-refractivity contribution is -0.122. The Hall–Kier alpha value is -3.62. The summed E-state index contributed by atoms with van der Waals surface area (Å²) < 4.78 is 15.8. The zero-order chi connectivity index (χ0) is 20.8. The van der Waals surface area contributed by atoms with Crippen molar-refractivity contribution in [2.75, 3.05) is 21.3 Å². The van der Waals surface area contributed by atoms with Crippen molar-refractivity contribution in [3.8, 4) is 28.6 Å². The highest BCUT2D eigenvalue weighted by atomic mass is 16.5. The summed E-state index contributed by atoms with van der Waals surface area (Å²) in [5.41, 5.74) is 1.56. The summed E-state index contributed by atoms with van der Waals surface area (Å²) >= 11 is 0. The zero-order valence-electron chi connectivity index (χ0n) is 16.7. The number of nitrogens with one attached hydrogen (secondary N) is 1. The van der Waals surface area contributed by atoms with E-state index < -0.39 is 0 Å². The van der Waals surface area contributed by atoms with E-state index in [1.165, 1.54) is 4.80 Å². The quantitative estimate of drug-likeness (QED) is 0.622. The first-order valence-electron chi connectivity index (χ1n) is 8.97. The van der Waals surface area contributed by atoms with E-state index in [4.69, 9.17) is 14.2 Å². The molecule has 3 aromatic rings. The van der Waals surface area contributed by atoms with Crippen LogP contribution in [0.2, 0.25) is 0 Å². The van der Waals surface area contributed by atoms with Crippen LogP contribution in [0.5, 0.6) is 17.2 Å². The van der Waals surface area contributed by atoms with Gasteiger partial charge in [-0.2, -0.15) is 4.80 Å². The third kappa shape index (κ3) is 4.81. The summed E-state index contributed by atoms with van der Waals surface area (Å²) in [6.45, 7) is 1.80. The highest BCUT2D eigenvalue weighted by Crippen LogP contribution is 2.29. The predicted octanol–water partition coefficient (Wildman–Crippen LogP) is 2.24. The van der Waals surface area contributed by atoms with Gasteiger partial charge in [0.25, 0.3) is 0 Å². The molecule has 0 saturated carbocycles. The summed E-state index contributed by atoms with van der Waals surface area (Å²) in [6.07, 6.45) is 0. The molecule has 0 spiro atoms. The number of ether oxygens (including phenoxy) is 3. The smallest absolute Gasteiger partial charge is 0.244 e. The second kappa shape index (κ2) is 9.05. The van der Waals surface area contributed by atoms with Crippen molar-refractivity contribution in [1.82, 2.24) is 25.5 Å². The average molecular weight is 397 g/mol. The standard InChI is InChI=1S/C20H23N5O4/c1-13(17-11-16(28-3)8-9-18(17)29-4)21-19(26)12-25-23-20(22-24-25)14-6-5-7-15(10-14)27-2/h5-11,13H,12H2,1-4H3,(H,21,26)/t13-/m1/s1. The fourth-order valence-electron chi connectivity index (χ4n) is 2.86. The molecule has 1 atom stereocenters. The highest BCUT2D eigenvalue weighted by Gasteiger charge is 2.17. The van der Waals surface area contributed by atoms with Crippen LogP contribution in [0.15, 0.2) is 42.5 Å². The van der Waals surface area contributed by atoms with Crippen LogP contribution >= 0.6 is 0 Å². The van der Waals surface area contributed by atoms with E-state index in [2.05, 4.69) is 20.7 Å². The largest absolute Gasteiger partial charge is 0.497 e. The minimum absolute atomic E-state index is 0.0619. The van der Waals surface area contributed by atoms with Crippen LogP contribution < -0.4 is 19.5 Å². The van der Waals surface area contributed by atoms with Crippen molar-refractivity contribution < 1.29 is 19.0 Å². The van der Waals surface area contributed by atoms with E-state index in [9.17, 15) is 4.79 Å². The first-order valence-corrected chi connectivity index (χ1v) is 8.97. The molecule has 3 rings (SSSR count). The van der Waals surface area contributed by atoms with Gasteiger partial charge in [-0.3, -0.25) is 4.79 Å². The fraction of sp³-hybridized carbons (Fsp3) is 0.300. The first-order chi connectivity index (χ1) is 14.0. The van der Waals surface area contributed by atoms with Gasteiger partial charge < -0.3 is 19.5 Å². The van der Waals surface area contributed by atoms with Gasteiger partial charge in [-0.1, -0.05) is 12.1 Å². The molecule has 29 heavy (non-hydrogen) atoms. The molecule has 152 valence electrons. The molecule has 1 heterocycles. The SMILES string of the molecule is COc1cccc(-c2nnn(CC(=O)N[C@H](C)c3cc(OC)ccc3OC)n2)c1. The fourth-order valence-corrected chi connectivity index (χ4v) is 2.86. The van der Waals surface area contributed by atoms with Crippen LogP contribution in [0.3, 0.4) is 0 Å². The normalized spacial score (nSPS) is 11.6. The van der Waals surface area contributed by atoms with E-state index in [0.29, 0.717) is 23.1 Å². The molecule has 9 nitrogen and oxygen atoms in total. The van der Waals surface area contributed by atoms with E-state index >= 15 is 0 Å². The lowest BCUT2D eigenvalue weighted by atomic mass is 10.1. The highest BCUT2D eigenvalue weighted by molar-refractivity contribution is 5.76. The Labute approximate surface area is 168 Å². The van der Waals surface area contributed by atoms with Crippen LogP contribution in [-0.4, -0.2) is 47.4 Å². The van der Waals surface area contributed by atoms with Gasteiger partial charge >= 0.3 is 0 Å². The summed E-state index contributed by atoms with van der Waals surface area (Å²) in [4.78, 5) is 13.7. The van der Waals surface area contributed by atoms with Crippen molar-refractivity contribution >= 4 is 5.91 Å². The molecule has 0 aliphatic rings. The maximum Gasteiger partial charge on any atom is 0.244 e. The van der Waals surface area contributed by atoms with Gasteiger partial charge in [0.1, 0.15) is 23.8 Å². The van der Waals surface area contributed by atoms with E-state index in [0.717, 1.165) is 11.1 Å². The minimum Gasteiger partial charge on any atom is -0.497 e. The molecule has 9 heteroatoms. The molecule has 0 radical (unpaired) electrons. The number of amides is 1. The molecular formula is C20H23N5O4. The predicted molar refractivity (Wildman–Crippen MR) is 106 cm³/mol. The van der Waals surface area contributed by atoms with Crippen LogP contribution in [0.1, 0.15) is 18.5 Å². The maximum absolute atomic E-state index is 12.5. The number of hydrogen-bond donors (Lipinski definition) is 1.